The molecular formula is C18H18F3N3O2. The van der Waals surface area contributed by atoms with Crippen LogP contribution in [0, 0.1) is 0 Å². The van der Waals surface area contributed by atoms with E-state index in [1.807, 2.05) is 0 Å². The van der Waals surface area contributed by atoms with Gasteiger partial charge in [-0.25, -0.2) is 4.98 Å². The molecule has 8 heteroatoms. The van der Waals surface area contributed by atoms with Gasteiger partial charge in [0.1, 0.15) is 11.8 Å². The average Bonchev–Trinajstić information content (AvgIpc) is 2.64. The topological polar surface area (TPSA) is 64.1 Å². The van der Waals surface area contributed by atoms with Crippen LogP contribution in [0.2, 0.25) is 0 Å². The number of pyridine rings is 2. The van der Waals surface area contributed by atoms with Gasteiger partial charge in [-0.15, -0.1) is 0 Å². The summed E-state index contributed by atoms with van der Waals surface area (Å²) < 4.78 is 43.2. The Morgan fingerprint density at radius 2 is 1.85 bits per heavy atom. The molecule has 1 N–H and O–H groups in total. The van der Waals surface area contributed by atoms with Gasteiger partial charge in [-0.2, -0.15) is 13.2 Å². The minimum atomic E-state index is -4.41. The number of carbonyl (C=O) groups is 1. The molecule has 0 spiro atoms. The van der Waals surface area contributed by atoms with Crippen molar-refractivity contribution in [2.45, 2.75) is 44.0 Å². The minimum Gasteiger partial charge on any atom is -0.474 e. The van der Waals surface area contributed by atoms with Gasteiger partial charge < -0.3 is 10.1 Å². The van der Waals surface area contributed by atoms with Crippen molar-refractivity contribution in [3.8, 4) is 5.88 Å². The van der Waals surface area contributed by atoms with E-state index in [-0.39, 0.29) is 23.9 Å². The fraction of sp³-hybridized carbons (Fsp3) is 0.389. The Morgan fingerprint density at radius 1 is 1.08 bits per heavy atom. The molecular weight excluding hydrogens is 347 g/mol. The Kier molecular flexibility index (Phi) is 5.39. The number of nitrogens with zero attached hydrogens (tertiary/aromatic N) is 2. The molecule has 2 aromatic rings. The first kappa shape index (κ1) is 18.2. The van der Waals surface area contributed by atoms with E-state index in [4.69, 9.17) is 4.74 Å². The van der Waals surface area contributed by atoms with Crippen molar-refractivity contribution in [2.75, 3.05) is 0 Å². The molecule has 0 bridgehead atoms. The zero-order chi connectivity index (χ0) is 18.6. The van der Waals surface area contributed by atoms with Crippen LogP contribution in [0.15, 0.2) is 42.7 Å². The monoisotopic (exact) mass is 365 g/mol. The van der Waals surface area contributed by atoms with Crippen LogP contribution in [0.1, 0.15) is 41.7 Å². The van der Waals surface area contributed by atoms with Crippen molar-refractivity contribution in [1.29, 1.82) is 0 Å². The van der Waals surface area contributed by atoms with Gasteiger partial charge in [-0.3, -0.25) is 9.78 Å². The van der Waals surface area contributed by atoms with Gasteiger partial charge in [0.25, 0.3) is 5.91 Å². The molecule has 5 nitrogen and oxygen atoms in total. The molecule has 1 aliphatic carbocycles. The number of carbonyl (C=O) groups excluding carboxylic acids is 1. The van der Waals surface area contributed by atoms with Gasteiger partial charge in [0.2, 0.25) is 5.88 Å². The number of hydrogen-bond donors (Lipinski definition) is 1. The van der Waals surface area contributed by atoms with E-state index >= 15 is 0 Å². The number of hydrogen-bond acceptors (Lipinski definition) is 4. The Bertz CT molecular complexity index is 728. The normalized spacial score (nSPS) is 20.4. The summed E-state index contributed by atoms with van der Waals surface area (Å²) in [5.41, 5.74) is -0.425. The third-order valence-corrected chi connectivity index (χ3v) is 4.26. The zero-order valence-electron chi connectivity index (χ0n) is 13.9. The first-order valence-corrected chi connectivity index (χ1v) is 8.33. The van der Waals surface area contributed by atoms with Crippen LogP contribution in [0.5, 0.6) is 5.88 Å². The van der Waals surface area contributed by atoms with Crippen LogP contribution in [0.25, 0.3) is 0 Å². The van der Waals surface area contributed by atoms with E-state index in [1.54, 1.807) is 24.4 Å². The number of amides is 1. The lowest BCUT2D eigenvalue weighted by molar-refractivity contribution is -0.137. The Hall–Kier alpha value is -2.64. The highest BCUT2D eigenvalue weighted by Gasteiger charge is 2.31. The van der Waals surface area contributed by atoms with Crippen LogP contribution in [-0.4, -0.2) is 28.0 Å². The number of alkyl halides is 3. The largest absolute Gasteiger partial charge is 0.474 e. The molecule has 138 valence electrons. The van der Waals surface area contributed by atoms with Gasteiger partial charge in [0.05, 0.1) is 5.56 Å². The Balaban J connectivity index is 1.47. The maximum Gasteiger partial charge on any atom is 0.417 e. The summed E-state index contributed by atoms with van der Waals surface area (Å²) in [6, 6.07) is 7.38. The van der Waals surface area contributed by atoms with Crippen molar-refractivity contribution in [2.24, 2.45) is 0 Å². The fourth-order valence-electron chi connectivity index (χ4n) is 2.87. The highest BCUT2D eigenvalue weighted by molar-refractivity contribution is 5.92. The molecule has 26 heavy (non-hydrogen) atoms. The second-order valence-electron chi connectivity index (χ2n) is 6.16. The summed E-state index contributed by atoms with van der Waals surface area (Å²) in [6.07, 6.45) is 0.641. The van der Waals surface area contributed by atoms with Gasteiger partial charge in [0, 0.05) is 24.5 Å². The molecule has 0 atom stereocenters. The van der Waals surface area contributed by atoms with Gasteiger partial charge in [-0.05, 0) is 43.9 Å². The number of halogens is 3. The summed E-state index contributed by atoms with van der Waals surface area (Å²) >= 11 is 0. The lowest BCUT2D eigenvalue weighted by Crippen LogP contribution is -2.40. The predicted molar refractivity (Wildman–Crippen MR) is 87.6 cm³/mol. The molecule has 0 aliphatic heterocycles. The van der Waals surface area contributed by atoms with E-state index in [2.05, 4.69) is 15.3 Å². The number of nitrogens with one attached hydrogen (secondary N) is 1. The number of ether oxygens (including phenoxy) is 1. The molecule has 1 aliphatic rings. The molecule has 0 radical (unpaired) electrons. The van der Waals surface area contributed by atoms with Gasteiger partial charge in [-0.1, -0.05) is 6.07 Å². The van der Waals surface area contributed by atoms with Crippen molar-refractivity contribution >= 4 is 5.91 Å². The molecule has 1 amide bonds. The molecule has 0 unspecified atom stereocenters. The second-order valence-corrected chi connectivity index (χ2v) is 6.16. The molecule has 1 saturated carbocycles. The molecule has 0 aromatic carbocycles. The van der Waals surface area contributed by atoms with Crippen LogP contribution in [0.3, 0.4) is 0 Å². The standard InChI is InChI=1S/C18H18F3N3O2/c19-18(20,21)12-4-9-16(23-11-12)26-14-7-5-13(6-8-14)24-17(25)15-3-1-2-10-22-15/h1-4,9-11,13-14H,5-8H2,(H,24,25). The van der Waals surface area contributed by atoms with E-state index in [9.17, 15) is 18.0 Å². The molecule has 2 aromatic heterocycles. The lowest BCUT2D eigenvalue weighted by Gasteiger charge is -2.29. The first-order chi connectivity index (χ1) is 12.4. The molecule has 2 heterocycles. The van der Waals surface area contributed by atoms with Crippen LogP contribution in [0.4, 0.5) is 13.2 Å². The van der Waals surface area contributed by atoms with E-state index in [0.29, 0.717) is 18.5 Å². The Labute approximate surface area is 148 Å². The minimum absolute atomic E-state index is 0.0323. The fourth-order valence-corrected chi connectivity index (χ4v) is 2.87. The number of rotatable bonds is 4. The van der Waals surface area contributed by atoms with Gasteiger partial charge >= 0.3 is 6.18 Å². The van der Waals surface area contributed by atoms with Crippen molar-refractivity contribution < 1.29 is 22.7 Å². The third-order valence-electron chi connectivity index (χ3n) is 4.26. The maximum atomic E-state index is 12.5. The average molecular weight is 365 g/mol. The van der Waals surface area contributed by atoms with Crippen LogP contribution < -0.4 is 10.1 Å². The molecule has 0 saturated heterocycles. The van der Waals surface area contributed by atoms with Crippen molar-refractivity contribution in [3.63, 3.8) is 0 Å². The molecule has 3 rings (SSSR count). The SMILES string of the molecule is O=C(NC1CCC(Oc2ccc(C(F)(F)F)cn2)CC1)c1ccccn1. The Morgan fingerprint density at radius 3 is 2.42 bits per heavy atom. The summed E-state index contributed by atoms with van der Waals surface area (Å²) in [7, 11) is 0. The smallest absolute Gasteiger partial charge is 0.417 e. The predicted octanol–water partition coefficient (Wildman–Crippen LogP) is 3.62. The quantitative estimate of drug-likeness (QED) is 0.899. The van der Waals surface area contributed by atoms with Gasteiger partial charge in [0.15, 0.2) is 0 Å². The molecule has 1 fully saturated rings. The van der Waals surface area contributed by atoms with Crippen LogP contribution in [-0.2, 0) is 6.18 Å². The maximum absolute atomic E-state index is 12.5. The third kappa shape index (κ3) is 4.71. The highest BCUT2D eigenvalue weighted by Crippen LogP contribution is 2.30. The summed E-state index contributed by atoms with van der Waals surface area (Å²) in [5, 5.41) is 2.95. The summed E-state index contributed by atoms with van der Waals surface area (Å²) in [5.74, 6) is -0.0293. The van der Waals surface area contributed by atoms with E-state index < -0.39 is 11.7 Å². The first-order valence-electron chi connectivity index (χ1n) is 8.33. The zero-order valence-corrected chi connectivity index (χ0v) is 13.9. The van der Waals surface area contributed by atoms with Crippen molar-refractivity contribution in [3.05, 3.63) is 54.0 Å². The van der Waals surface area contributed by atoms with E-state index in [0.717, 1.165) is 25.1 Å². The van der Waals surface area contributed by atoms with Crippen molar-refractivity contribution in [1.82, 2.24) is 15.3 Å². The summed E-state index contributed by atoms with van der Waals surface area (Å²) in [6.45, 7) is 0. The lowest BCUT2D eigenvalue weighted by atomic mass is 9.93. The summed E-state index contributed by atoms with van der Waals surface area (Å²) in [4.78, 5) is 19.8. The highest BCUT2D eigenvalue weighted by atomic mass is 19.4. The second kappa shape index (κ2) is 7.72. The number of aromatic nitrogens is 2. The van der Waals surface area contributed by atoms with Crippen LogP contribution >= 0.6 is 0 Å². The van der Waals surface area contributed by atoms with E-state index in [1.165, 1.54) is 6.07 Å².